The van der Waals surface area contributed by atoms with Crippen molar-refractivity contribution in [3.63, 3.8) is 0 Å². The number of imide groups is 1. The van der Waals surface area contributed by atoms with Gasteiger partial charge >= 0.3 is 5.97 Å². The van der Waals surface area contributed by atoms with E-state index in [1.165, 1.54) is 24.3 Å². The molecule has 6 heteroatoms. The molecule has 1 saturated heterocycles. The van der Waals surface area contributed by atoms with Crippen LogP contribution in [0.25, 0.3) is 0 Å². The number of amides is 2. The molecule has 0 saturated carbocycles. The Kier molecular flexibility index (Phi) is 5.99. The lowest BCUT2D eigenvalue weighted by molar-refractivity contribution is -0.121. The summed E-state index contributed by atoms with van der Waals surface area (Å²) >= 11 is 0. The smallest absolute Gasteiger partial charge is 0.338 e. The fraction of sp³-hybridized carbons (Fsp3) is 0.273. The number of ketones is 1. The molecule has 28 heavy (non-hydrogen) atoms. The minimum atomic E-state index is -0.637. The molecule has 2 amide bonds. The lowest BCUT2D eigenvalue weighted by atomic mass is 10.1. The average molecular weight is 379 g/mol. The number of anilines is 1. The molecule has 1 aliphatic heterocycles. The Morgan fingerprint density at radius 1 is 0.893 bits per heavy atom. The molecule has 0 radical (unpaired) electrons. The zero-order valence-electron chi connectivity index (χ0n) is 15.6. The zero-order chi connectivity index (χ0) is 20.1. The summed E-state index contributed by atoms with van der Waals surface area (Å²) in [5.74, 6) is -1.42. The van der Waals surface area contributed by atoms with Gasteiger partial charge in [0.15, 0.2) is 12.4 Å². The molecule has 1 heterocycles. The lowest BCUT2D eigenvalue weighted by Gasteiger charge is -2.14. The number of benzene rings is 2. The molecule has 0 spiro atoms. The lowest BCUT2D eigenvalue weighted by Crippen LogP contribution is -2.28. The zero-order valence-corrected chi connectivity index (χ0v) is 15.6. The van der Waals surface area contributed by atoms with Crippen molar-refractivity contribution in [1.82, 2.24) is 0 Å². The van der Waals surface area contributed by atoms with Gasteiger partial charge in [-0.25, -0.2) is 4.79 Å². The van der Waals surface area contributed by atoms with Crippen LogP contribution in [-0.4, -0.2) is 30.2 Å². The summed E-state index contributed by atoms with van der Waals surface area (Å²) in [4.78, 5) is 49.0. The number of rotatable bonds is 7. The van der Waals surface area contributed by atoms with E-state index < -0.39 is 5.97 Å². The predicted octanol–water partition coefficient (Wildman–Crippen LogP) is 3.33. The maximum absolute atomic E-state index is 12.2. The van der Waals surface area contributed by atoms with Gasteiger partial charge in [0.25, 0.3) is 0 Å². The Labute approximate surface area is 163 Å². The molecule has 0 atom stereocenters. The van der Waals surface area contributed by atoms with Crippen LogP contribution in [0.2, 0.25) is 0 Å². The molecule has 0 aliphatic carbocycles. The van der Waals surface area contributed by atoms with Gasteiger partial charge in [0.05, 0.1) is 11.3 Å². The van der Waals surface area contributed by atoms with E-state index in [9.17, 15) is 19.2 Å². The third-order valence-corrected chi connectivity index (χ3v) is 4.56. The van der Waals surface area contributed by atoms with E-state index in [0.717, 1.165) is 23.3 Å². The van der Waals surface area contributed by atoms with Crippen molar-refractivity contribution in [1.29, 1.82) is 0 Å². The summed E-state index contributed by atoms with van der Waals surface area (Å²) in [6, 6.07) is 13.3. The van der Waals surface area contributed by atoms with E-state index in [1.54, 1.807) is 12.1 Å². The largest absolute Gasteiger partial charge is 0.454 e. The van der Waals surface area contributed by atoms with E-state index >= 15 is 0 Å². The van der Waals surface area contributed by atoms with Crippen LogP contribution < -0.4 is 4.90 Å². The first-order chi connectivity index (χ1) is 13.5. The minimum Gasteiger partial charge on any atom is -0.454 e. The Hall–Kier alpha value is -3.28. The van der Waals surface area contributed by atoms with Crippen LogP contribution in [0.1, 0.15) is 52.5 Å². The van der Waals surface area contributed by atoms with Crippen LogP contribution in [-0.2, 0) is 20.7 Å². The normalized spacial score (nSPS) is 13.7. The molecular weight excluding hydrogens is 358 g/mol. The van der Waals surface area contributed by atoms with E-state index in [1.807, 2.05) is 12.1 Å². The summed E-state index contributed by atoms with van der Waals surface area (Å²) in [7, 11) is 0. The Bertz CT molecular complexity index is 884. The summed E-state index contributed by atoms with van der Waals surface area (Å²) in [5.41, 5.74) is 2.32. The van der Waals surface area contributed by atoms with Gasteiger partial charge in [0, 0.05) is 18.4 Å². The molecule has 0 unspecified atom stereocenters. The highest BCUT2D eigenvalue weighted by Crippen LogP contribution is 2.23. The number of nitrogens with zero attached hydrogens (tertiary/aromatic N) is 1. The van der Waals surface area contributed by atoms with Crippen molar-refractivity contribution >= 4 is 29.3 Å². The van der Waals surface area contributed by atoms with Crippen LogP contribution in [0, 0.1) is 0 Å². The third kappa shape index (κ3) is 4.34. The second kappa shape index (κ2) is 8.61. The van der Waals surface area contributed by atoms with Crippen molar-refractivity contribution in [3.05, 3.63) is 65.2 Å². The predicted molar refractivity (Wildman–Crippen MR) is 103 cm³/mol. The highest BCUT2D eigenvalue weighted by Gasteiger charge is 2.30. The fourth-order valence-corrected chi connectivity index (χ4v) is 3.05. The first-order valence-electron chi connectivity index (χ1n) is 9.24. The van der Waals surface area contributed by atoms with Gasteiger partial charge in [-0.1, -0.05) is 37.6 Å². The van der Waals surface area contributed by atoms with Crippen molar-refractivity contribution in [2.75, 3.05) is 11.5 Å². The summed E-state index contributed by atoms with van der Waals surface area (Å²) in [6.07, 6.45) is 2.38. The molecule has 0 N–H and O–H groups in total. The number of carbonyl (C=O) groups excluding carboxylic acids is 4. The Morgan fingerprint density at radius 2 is 1.46 bits per heavy atom. The molecule has 3 rings (SSSR count). The fourth-order valence-electron chi connectivity index (χ4n) is 3.05. The highest BCUT2D eigenvalue weighted by atomic mass is 16.5. The van der Waals surface area contributed by atoms with Crippen LogP contribution in [0.15, 0.2) is 48.5 Å². The number of esters is 1. The van der Waals surface area contributed by atoms with Gasteiger partial charge in [-0.05, 0) is 36.2 Å². The Balaban J connectivity index is 1.58. The van der Waals surface area contributed by atoms with Crippen LogP contribution >= 0.6 is 0 Å². The molecule has 6 nitrogen and oxygen atoms in total. The number of ether oxygens (including phenoxy) is 1. The summed E-state index contributed by atoms with van der Waals surface area (Å²) in [6.45, 7) is 1.74. The number of carbonyl (C=O) groups is 4. The number of Topliss-reactive ketones (excluding diaryl/α,β-unsaturated/α-hetero) is 1. The van der Waals surface area contributed by atoms with Crippen molar-refractivity contribution in [2.24, 2.45) is 0 Å². The van der Waals surface area contributed by atoms with E-state index in [-0.39, 0.29) is 42.6 Å². The SMILES string of the molecule is CCCc1ccc(C(=O)COC(=O)c2ccc(N3C(=O)CCC3=O)cc2)cc1. The monoisotopic (exact) mass is 379 g/mol. The maximum Gasteiger partial charge on any atom is 0.338 e. The van der Waals surface area contributed by atoms with Crippen molar-refractivity contribution in [3.8, 4) is 0 Å². The Morgan fingerprint density at radius 3 is 2.04 bits per heavy atom. The van der Waals surface area contributed by atoms with Gasteiger partial charge in [0.1, 0.15) is 0 Å². The molecule has 1 fully saturated rings. The van der Waals surface area contributed by atoms with Gasteiger partial charge in [0.2, 0.25) is 11.8 Å². The standard InChI is InChI=1S/C22H21NO5/c1-2-3-15-4-6-16(7-5-15)19(24)14-28-22(27)17-8-10-18(11-9-17)23-20(25)12-13-21(23)26/h4-11H,2-3,12-14H2,1H3. The van der Waals surface area contributed by atoms with E-state index in [2.05, 4.69) is 6.92 Å². The summed E-state index contributed by atoms with van der Waals surface area (Å²) in [5, 5.41) is 0. The number of hydrogen-bond donors (Lipinski definition) is 0. The molecule has 2 aromatic rings. The van der Waals surface area contributed by atoms with Crippen LogP contribution in [0.4, 0.5) is 5.69 Å². The van der Waals surface area contributed by atoms with E-state index in [4.69, 9.17) is 4.74 Å². The quantitative estimate of drug-likeness (QED) is 0.419. The first kappa shape index (κ1) is 19.5. The minimum absolute atomic E-state index is 0.199. The molecule has 0 aromatic heterocycles. The molecule has 0 bridgehead atoms. The second-order valence-electron chi connectivity index (χ2n) is 6.62. The molecule has 2 aromatic carbocycles. The average Bonchev–Trinajstić information content (AvgIpc) is 3.05. The number of hydrogen-bond acceptors (Lipinski definition) is 5. The van der Waals surface area contributed by atoms with Gasteiger partial charge in [-0.15, -0.1) is 0 Å². The third-order valence-electron chi connectivity index (χ3n) is 4.56. The topological polar surface area (TPSA) is 80.8 Å². The second-order valence-corrected chi connectivity index (χ2v) is 6.62. The molecule has 144 valence electrons. The maximum atomic E-state index is 12.2. The van der Waals surface area contributed by atoms with Gasteiger partial charge in [-0.3, -0.25) is 19.3 Å². The van der Waals surface area contributed by atoms with Crippen LogP contribution in [0.5, 0.6) is 0 Å². The van der Waals surface area contributed by atoms with E-state index in [0.29, 0.717) is 11.3 Å². The summed E-state index contributed by atoms with van der Waals surface area (Å²) < 4.78 is 5.09. The van der Waals surface area contributed by atoms with Gasteiger partial charge < -0.3 is 4.74 Å². The highest BCUT2D eigenvalue weighted by molar-refractivity contribution is 6.19. The molecular formula is C22H21NO5. The van der Waals surface area contributed by atoms with Crippen LogP contribution in [0.3, 0.4) is 0 Å². The van der Waals surface area contributed by atoms with Crippen molar-refractivity contribution < 1.29 is 23.9 Å². The number of aryl methyl sites for hydroxylation is 1. The first-order valence-corrected chi connectivity index (χ1v) is 9.24. The molecule has 1 aliphatic rings. The van der Waals surface area contributed by atoms with Crippen molar-refractivity contribution in [2.45, 2.75) is 32.6 Å². The van der Waals surface area contributed by atoms with Gasteiger partial charge in [-0.2, -0.15) is 0 Å².